The molecule has 1 heterocycles. The van der Waals surface area contributed by atoms with E-state index in [0.717, 1.165) is 12.1 Å². The van der Waals surface area contributed by atoms with Crippen molar-refractivity contribution < 1.29 is 4.79 Å². The second-order valence-corrected chi connectivity index (χ2v) is 2.95. The highest BCUT2D eigenvalue weighted by atomic mass is 35.5. The van der Waals surface area contributed by atoms with Gasteiger partial charge in [0.15, 0.2) is 5.82 Å². The molecular formula is C8H12ClN3O. The minimum Gasteiger partial charge on any atom is -0.308 e. The van der Waals surface area contributed by atoms with Crippen LogP contribution in [0, 0.1) is 0 Å². The zero-order valence-corrected chi connectivity index (χ0v) is 8.43. The Morgan fingerprint density at radius 3 is 2.92 bits per heavy atom. The van der Waals surface area contributed by atoms with Gasteiger partial charge in [0.1, 0.15) is 5.88 Å². The first kappa shape index (κ1) is 10.1. The number of hydrogen-bond acceptors (Lipinski definition) is 2. The van der Waals surface area contributed by atoms with Crippen molar-refractivity contribution in [2.45, 2.75) is 13.3 Å². The lowest BCUT2D eigenvalue weighted by Gasteiger charge is -1.95. The molecule has 0 bridgehead atoms. The number of anilines is 1. The molecule has 13 heavy (non-hydrogen) atoms. The Balaban J connectivity index is 2.73. The highest BCUT2D eigenvalue weighted by molar-refractivity contribution is 6.28. The van der Waals surface area contributed by atoms with Crippen LogP contribution in [0.4, 0.5) is 5.82 Å². The Kier molecular flexibility index (Phi) is 3.31. The Bertz CT molecular complexity index is 308. The quantitative estimate of drug-likeness (QED) is 0.747. The number of alkyl halides is 1. The molecule has 5 heteroatoms. The molecule has 1 aromatic heterocycles. The summed E-state index contributed by atoms with van der Waals surface area (Å²) >= 11 is 5.34. The molecule has 0 unspecified atom stereocenters. The molecule has 1 rings (SSSR count). The number of carbonyl (C=O) groups is 1. The van der Waals surface area contributed by atoms with Crippen LogP contribution in [0.5, 0.6) is 0 Å². The molecule has 0 aromatic carbocycles. The molecule has 0 saturated carbocycles. The zero-order valence-electron chi connectivity index (χ0n) is 7.67. The van der Waals surface area contributed by atoms with E-state index in [2.05, 4.69) is 10.4 Å². The smallest absolute Gasteiger partial charge is 0.240 e. The van der Waals surface area contributed by atoms with Crippen molar-refractivity contribution in [3.8, 4) is 0 Å². The van der Waals surface area contributed by atoms with Crippen LogP contribution in [0.25, 0.3) is 0 Å². The number of nitrogens with one attached hydrogen (secondary N) is 1. The summed E-state index contributed by atoms with van der Waals surface area (Å²) in [5.41, 5.74) is 1.07. The van der Waals surface area contributed by atoms with E-state index < -0.39 is 0 Å². The van der Waals surface area contributed by atoms with E-state index >= 15 is 0 Å². The third-order valence-electron chi connectivity index (χ3n) is 1.73. The number of nitrogens with zero attached hydrogens (tertiary/aromatic N) is 2. The van der Waals surface area contributed by atoms with Crippen LogP contribution in [0.2, 0.25) is 0 Å². The van der Waals surface area contributed by atoms with Gasteiger partial charge in [-0.2, -0.15) is 5.10 Å². The number of rotatable bonds is 3. The summed E-state index contributed by atoms with van der Waals surface area (Å²) in [7, 11) is 1.84. The molecule has 1 amide bonds. The molecule has 1 N–H and O–H groups in total. The summed E-state index contributed by atoms with van der Waals surface area (Å²) in [5.74, 6) is 0.283. The SMILES string of the molecule is CCc1cc(NC(=O)CCl)nn1C. The summed E-state index contributed by atoms with van der Waals surface area (Å²) in [5, 5.41) is 6.68. The summed E-state index contributed by atoms with van der Waals surface area (Å²) in [6.07, 6.45) is 0.889. The van der Waals surface area contributed by atoms with Gasteiger partial charge in [-0.25, -0.2) is 0 Å². The molecule has 1 aromatic rings. The van der Waals surface area contributed by atoms with Crippen LogP contribution in [0.3, 0.4) is 0 Å². The standard InChI is InChI=1S/C8H12ClN3O/c1-3-6-4-7(11-12(6)2)10-8(13)5-9/h4H,3,5H2,1-2H3,(H,10,11,13). The molecular weight excluding hydrogens is 190 g/mol. The van der Waals surface area contributed by atoms with Gasteiger partial charge in [0.2, 0.25) is 5.91 Å². The van der Waals surface area contributed by atoms with E-state index in [-0.39, 0.29) is 11.8 Å². The molecule has 0 aliphatic carbocycles. The van der Waals surface area contributed by atoms with E-state index in [0.29, 0.717) is 5.82 Å². The fraction of sp³-hybridized carbons (Fsp3) is 0.500. The maximum Gasteiger partial charge on any atom is 0.240 e. The number of halogens is 1. The van der Waals surface area contributed by atoms with Crippen molar-refractivity contribution in [3.05, 3.63) is 11.8 Å². The largest absolute Gasteiger partial charge is 0.308 e. The van der Waals surface area contributed by atoms with Gasteiger partial charge in [-0.05, 0) is 6.42 Å². The molecule has 72 valence electrons. The first-order chi connectivity index (χ1) is 6.17. The Hall–Kier alpha value is -1.03. The average molecular weight is 202 g/mol. The maximum atomic E-state index is 10.9. The van der Waals surface area contributed by atoms with Crippen molar-refractivity contribution >= 4 is 23.3 Å². The highest BCUT2D eigenvalue weighted by Gasteiger charge is 2.05. The first-order valence-corrected chi connectivity index (χ1v) is 4.59. The normalized spacial score (nSPS) is 10.1. The van der Waals surface area contributed by atoms with E-state index in [1.807, 2.05) is 20.0 Å². The van der Waals surface area contributed by atoms with Crippen molar-refractivity contribution in [1.82, 2.24) is 9.78 Å². The van der Waals surface area contributed by atoms with Gasteiger partial charge in [0.25, 0.3) is 0 Å². The van der Waals surface area contributed by atoms with Crippen molar-refractivity contribution in [3.63, 3.8) is 0 Å². The third-order valence-corrected chi connectivity index (χ3v) is 1.97. The van der Waals surface area contributed by atoms with Crippen LogP contribution in [-0.4, -0.2) is 21.6 Å². The van der Waals surface area contributed by atoms with Gasteiger partial charge >= 0.3 is 0 Å². The van der Waals surface area contributed by atoms with E-state index in [1.54, 1.807) is 4.68 Å². The van der Waals surface area contributed by atoms with Crippen molar-refractivity contribution in [2.75, 3.05) is 11.2 Å². The van der Waals surface area contributed by atoms with Gasteiger partial charge in [-0.15, -0.1) is 11.6 Å². The Morgan fingerprint density at radius 1 is 1.77 bits per heavy atom. The van der Waals surface area contributed by atoms with Gasteiger partial charge < -0.3 is 5.32 Å². The predicted octanol–water partition coefficient (Wildman–Crippen LogP) is 1.16. The lowest BCUT2D eigenvalue weighted by molar-refractivity contribution is -0.113. The van der Waals surface area contributed by atoms with Crippen molar-refractivity contribution in [1.29, 1.82) is 0 Å². The monoisotopic (exact) mass is 201 g/mol. The highest BCUT2D eigenvalue weighted by Crippen LogP contribution is 2.08. The molecule has 0 aliphatic heterocycles. The fourth-order valence-corrected chi connectivity index (χ4v) is 1.14. The van der Waals surface area contributed by atoms with E-state index in [1.165, 1.54) is 0 Å². The molecule has 0 radical (unpaired) electrons. The van der Waals surface area contributed by atoms with Crippen LogP contribution in [0.1, 0.15) is 12.6 Å². The number of aryl methyl sites for hydroxylation is 2. The van der Waals surface area contributed by atoms with Crippen LogP contribution in [0.15, 0.2) is 6.07 Å². The van der Waals surface area contributed by atoms with Gasteiger partial charge in [0.05, 0.1) is 0 Å². The lowest BCUT2D eigenvalue weighted by atomic mass is 10.3. The minimum atomic E-state index is -0.234. The van der Waals surface area contributed by atoms with E-state index in [4.69, 9.17) is 11.6 Å². The molecule has 0 saturated heterocycles. The molecule has 0 aliphatic rings. The van der Waals surface area contributed by atoms with Crippen molar-refractivity contribution in [2.24, 2.45) is 7.05 Å². The molecule has 0 spiro atoms. The minimum absolute atomic E-state index is 0.0436. The summed E-state index contributed by atoms with van der Waals surface area (Å²) < 4.78 is 1.74. The lowest BCUT2D eigenvalue weighted by Crippen LogP contribution is -2.13. The van der Waals surface area contributed by atoms with Crippen LogP contribution in [-0.2, 0) is 18.3 Å². The summed E-state index contributed by atoms with van der Waals surface area (Å²) in [6.45, 7) is 2.03. The molecule has 0 atom stereocenters. The topological polar surface area (TPSA) is 46.9 Å². The van der Waals surface area contributed by atoms with Crippen LogP contribution >= 0.6 is 11.6 Å². The summed E-state index contributed by atoms with van der Waals surface area (Å²) in [4.78, 5) is 10.9. The number of hydrogen-bond donors (Lipinski definition) is 1. The number of aromatic nitrogens is 2. The molecule has 0 fully saturated rings. The Morgan fingerprint density at radius 2 is 2.46 bits per heavy atom. The molecule has 4 nitrogen and oxygen atoms in total. The van der Waals surface area contributed by atoms with Gasteiger partial charge in [-0.3, -0.25) is 9.48 Å². The Labute approximate surface area is 81.9 Å². The number of amides is 1. The second kappa shape index (κ2) is 4.28. The second-order valence-electron chi connectivity index (χ2n) is 2.68. The average Bonchev–Trinajstić information content (AvgIpc) is 2.46. The summed E-state index contributed by atoms with van der Waals surface area (Å²) in [6, 6.07) is 1.84. The van der Waals surface area contributed by atoms with Gasteiger partial charge in [-0.1, -0.05) is 6.92 Å². The van der Waals surface area contributed by atoms with Gasteiger partial charge in [0, 0.05) is 18.8 Å². The predicted molar refractivity (Wildman–Crippen MR) is 51.9 cm³/mol. The van der Waals surface area contributed by atoms with Crippen LogP contribution < -0.4 is 5.32 Å². The third kappa shape index (κ3) is 2.45. The fourth-order valence-electron chi connectivity index (χ4n) is 1.07. The number of carbonyl (C=O) groups excluding carboxylic acids is 1. The zero-order chi connectivity index (χ0) is 9.84. The maximum absolute atomic E-state index is 10.9. The van der Waals surface area contributed by atoms with E-state index in [9.17, 15) is 4.79 Å². The first-order valence-electron chi connectivity index (χ1n) is 4.06.